The van der Waals surface area contributed by atoms with Crippen molar-refractivity contribution in [3.8, 4) is 11.5 Å². The van der Waals surface area contributed by atoms with Crippen molar-refractivity contribution >= 4 is 5.97 Å². The van der Waals surface area contributed by atoms with E-state index in [0.717, 1.165) is 11.3 Å². The maximum absolute atomic E-state index is 10.3. The van der Waals surface area contributed by atoms with E-state index in [4.69, 9.17) is 14.6 Å². The Hall–Kier alpha value is -1.71. The molecule has 0 aliphatic heterocycles. The average Bonchev–Trinajstić information content (AvgIpc) is 2.16. The number of aliphatic carboxylic acids is 1. The van der Waals surface area contributed by atoms with Gasteiger partial charge in [0.1, 0.15) is 11.5 Å². The van der Waals surface area contributed by atoms with Crippen LogP contribution in [0.1, 0.15) is 18.9 Å². The number of benzene rings is 1. The van der Waals surface area contributed by atoms with E-state index in [1.807, 2.05) is 26.0 Å². The summed E-state index contributed by atoms with van der Waals surface area (Å²) in [6, 6.07) is 5.52. The second-order valence-electron chi connectivity index (χ2n) is 3.41. The molecule has 0 saturated carbocycles. The third-order valence-corrected chi connectivity index (χ3v) is 1.92. The number of hydrogen-bond donors (Lipinski definition) is 1. The first-order chi connectivity index (χ1) is 7.61. The van der Waals surface area contributed by atoms with Gasteiger partial charge in [0.25, 0.3) is 0 Å². The lowest BCUT2D eigenvalue weighted by atomic mass is 10.2. The van der Waals surface area contributed by atoms with E-state index in [0.29, 0.717) is 12.4 Å². The predicted molar refractivity (Wildman–Crippen MR) is 60.1 cm³/mol. The highest BCUT2D eigenvalue weighted by Crippen LogP contribution is 2.22. The molecule has 1 rings (SSSR count). The normalized spacial score (nSPS) is 9.88. The van der Waals surface area contributed by atoms with Gasteiger partial charge in [-0.05, 0) is 31.5 Å². The minimum absolute atomic E-state index is 0.00207. The molecule has 0 aromatic heterocycles. The van der Waals surface area contributed by atoms with Crippen LogP contribution in [0.4, 0.5) is 0 Å². The van der Waals surface area contributed by atoms with Crippen molar-refractivity contribution < 1.29 is 19.4 Å². The van der Waals surface area contributed by atoms with Gasteiger partial charge in [0.2, 0.25) is 0 Å². The monoisotopic (exact) mass is 224 g/mol. The molecule has 0 aliphatic rings. The van der Waals surface area contributed by atoms with E-state index < -0.39 is 5.97 Å². The van der Waals surface area contributed by atoms with Crippen LogP contribution in [0.25, 0.3) is 0 Å². The Balaban J connectivity index is 2.61. The molecule has 1 aromatic carbocycles. The maximum Gasteiger partial charge on any atom is 0.306 e. The molecule has 0 saturated heterocycles. The fourth-order valence-corrected chi connectivity index (χ4v) is 1.30. The molecule has 16 heavy (non-hydrogen) atoms. The molecule has 0 unspecified atom stereocenters. The summed E-state index contributed by atoms with van der Waals surface area (Å²) in [6.45, 7) is 4.61. The van der Waals surface area contributed by atoms with Crippen LogP contribution in [0.15, 0.2) is 18.2 Å². The zero-order chi connectivity index (χ0) is 12.0. The van der Waals surface area contributed by atoms with E-state index in [1.54, 1.807) is 6.07 Å². The van der Waals surface area contributed by atoms with Crippen LogP contribution < -0.4 is 9.47 Å². The SMILES string of the molecule is CCOc1cc(C)cc(OCCC(=O)O)c1. The number of carboxylic acids is 1. The molecule has 1 N–H and O–H groups in total. The van der Waals surface area contributed by atoms with Crippen LogP contribution in [-0.2, 0) is 4.79 Å². The summed E-state index contributed by atoms with van der Waals surface area (Å²) in [5.41, 5.74) is 1.02. The molecule has 0 heterocycles. The summed E-state index contributed by atoms with van der Waals surface area (Å²) in [5.74, 6) is 0.523. The largest absolute Gasteiger partial charge is 0.494 e. The number of carbonyl (C=O) groups is 1. The lowest BCUT2D eigenvalue weighted by Crippen LogP contribution is -2.05. The Morgan fingerprint density at radius 2 is 1.88 bits per heavy atom. The minimum atomic E-state index is -0.863. The van der Waals surface area contributed by atoms with Gasteiger partial charge < -0.3 is 14.6 Å². The first-order valence-corrected chi connectivity index (χ1v) is 5.21. The van der Waals surface area contributed by atoms with Crippen molar-refractivity contribution in [1.82, 2.24) is 0 Å². The van der Waals surface area contributed by atoms with Gasteiger partial charge in [-0.1, -0.05) is 0 Å². The molecule has 0 radical (unpaired) electrons. The molecule has 1 aromatic rings. The Morgan fingerprint density at radius 3 is 2.44 bits per heavy atom. The maximum atomic E-state index is 10.3. The van der Waals surface area contributed by atoms with Crippen molar-refractivity contribution in [1.29, 1.82) is 0 Å². The van der Waals surface area contributed by atoms with Gasteiger partial charge in [-0.25, -0.2) is 0 Å². The van der Waals surface area contributed by atoms with E-state index in [2.05, 4.69) is 0 Å². The van der Waals surface area contributed by atoms with Crippen LogP contribution in [0, 0.1) is 6.92 Å². The predicted octanol–water partition coefficient (Wildman–Crippen LogP) is 2.25. The summed E-state index contributed by atoms with van der Waals surface area (Å²) >= 11 is 0. The van der Waals surface area contributed by atoms with Crippen LogP contribution in [0.2, 0.25) is 0 Å². The van der Waals surface area contributed by atoms with Crippen molar-refractivity contribution in [2.75, 3.05) is 13.2 Å². The number of rotatable bonds is 6. The first-order valence-electron chi connectivity index (χ1n) is 5.21. The summed E-state index contributed by atoms with van der Waals surface area (Å²) in [6.07, 6.45) is -0.00207. The van der Waals surface area contributed by atoms with Crippen molar-refractivity contribution in [2.24, 2.45) is 0 Å². The van der Waals surface area contributed by atoms with Crippen LogP contribution in [-0.4, -0.2) is 24.3 Å². The first kappa shape index (κ1) is 12.4. The van der Waals surface area contributed by atoms with Crippen molar-refractivity contribution in [3.63, 3.8) is 0 Å². The van der Waals surface area contributed by atoms with Crippen molar-refractivity contribution in [2.45, 2.75) is 20.3 Å². The lowest BCUT2D eigenvalue weighted by molar-refractivity contribution is -0.137. The number of ether oxygens (including phenoxy) is 2. The van der Waals surface area contributed by atoms with Gasteiger partial charge >= 0.3 is 5.97 Å². The molecule has 0 amide bonds. The molecule has 0 aliphatic carbocycles. The van der Waals surface area contributed by atoms with E-state index in [9.17, 15) is 4.79 Å². The molecule has 4 nitrogen and oxygen atoms in total. The Labute approximate surface area is 94.8 Å². The third kappa shape index (κ3) is 4.21. The van der Waals surface area contributed by atoms with Gasteiger partial charge in [-0.2, -0.15) is 0 Å². The smallest absolute Gasteiger partial charge is 0.306 e. The van der Waals surface area contributed by atoms with Gasteiger partial charge in [0, 0.05) is 6.07 Å². The van der Waals surface area contributed by atoms with Crippen LogP contribution in [0.3, 0.4) is 0 Å². The van der Waals surface area contributed by atoms with E-state index in [1.165, 1.54) is 0 Å². The number of carboxylic acid groups (broad SMARTS) is 1. The molecule has 0 atom stereocenters. The van der Waals surface area contributed by atoms with Crippen LogP contribution >= 0.6 is 0 Å². The molecular weight excluding hydrogens is 208 g/mol. The zero-order valence-corrected chi connectivity index (χ0v) is 9.53. The molecule has 0 spiro atoms. The summed E-state index contributed by atoms with van der Waals surface area (Å²) in [7, 11) is 0. The highest BCUT2D eigenvalue weighted by molar-refractivity contribution is 5.66. The van der Waals surface area contributed by atoms with Crippen LogP contribution in [0.5, 0.6) is 11.5 Å². The lowest BCUT2D eigenvalue weighted by Gasteiger charge is -2.09. The van der Waals surface area contributed by atoms with Crippen molar-refractivity contribution in [3.05, 3.63) is 23.8 Å². The highest BCUT2D eigenvalue weighted by Gasteiger charge is 2.02. The minimum Gasteiger partial charge on any atom is -0.494 e. The summed E-state index contributed by atoms with van der Waals surface area (Å²) < 4.78 is 10.7. The highest BCUT2D eigenvalue weighted by atomic mass is 16.5. The number of aryl methyl sites for hydroxylation is 1. The average molecular weight is 224 g/mol. The van der Waals surface area contributed by atoms with E-state index in [-0.39, 0.29) is 13.0 Å². The zero-order valence-electron chi connectivity index (χ0n) is 9.53. The topological polar surface area (TPSA) is 55.8 Å². The molecule has 0 bridgehead atoms. The third-order valence-electron chi connectivity index (χ3n) is 1.92. The second kappa shape index (κ2) is 6.00. The Bertz CT molecular complexity index is 360. The van der Waals surface area contributed by atoms with Gasteiger partial charge in [-0.15, -0.1) is 0 Å². The fraction of sp³-hybridized carbons (Fsp3) is 0.417. The summed E-state index contributed by atoms with van der Waals surface area (Å²) in [4.78, 5) is 10.3. The molecule has 0 fully saturated rings. The second-order valence-corrected chi connectivity index (χ2v) is 3.41. The Morgan fingerprint density at radius 1 is 1.25 bits per heavy atom. The molecule has 88 valence electrons. The fourth-order valence-electron chi connectivity index (χ4n) is 1.30. The van der Waals surface area contributed by atoms with Gasteiger partial charge in [0.05, 0.1) is 19.6 Å². The quantitative estimate of drug-likeness (QED) is 0.805. The van der Waals surface area contributed by atoms with Gasteiger partial charge in [-0.3, -0.25) is 4.79 Å². The number of hydrogen-bond acceptors (Lipinski definition) is 3. The Kier molecular flexibility index (Phi) is 4.64. The molecular formula is C12H16O4. The summed E-state index contributed by atoms with van der Waals surface area (Å²) in [5, 5.41) is 8.48. The van der Waals surface area contributed by atoms with Gasteiger partial charge in [0.15, 0.2) is 0 Å². The van der Waals surface area contributed by atoms with E-state index >= 15 is 0 Å². The molecule has 4 heteroatoms. The standard InChI is InChI=1S/C12H16O4/c1-3-15-10-6-9(2)7-11(8-10)16-5-4-12(13)14/h6-8H,3-5H2,1-2H3,(H,13,14).